The number of thiol groups is 1. The molecule has 33 heavy (non-hydrogen) atoms. The van der Waals surface area contributed by atoms with Gasteiger partial charge in [-0.1, -0.05) is 59.6 Å². The molecule has 0 aromatic heterocycles. The first-order chi connectivity index (χ1) is 15.8. The summed E-state index contributed by atoms with van der Waals surface area (Å²) in [5.41, 5.74) is 5.75. The Morgan fingerprint density at radius 2 is 1.67 bits per heavy atom. The zero-order valence-corrected chi connectivity index (χ0v) is 19.9. The zero-order valence-electron chi connectivity index (χ0n) is 17.5. The Morgan fingerprint density at radius 3 is 2.33 bits per heavy atom. The molecule has 0 bridgehead atoms. The van der Waals surface area contributed by atoms with E-state index in [2.05, 4.69) is 29.0 Å². The van der Waals surface area contributed by atoms with Gasteiger partial charge in [-0.15, -0.1) is 0 Å². The topological polar surface area (TPSA) is 103 Å². The highest BCUT2D eigenvalue weighted by Crippen LogP contribution is 2.26. The number of halogens is 2. The van der Waals surface area contributed by atoms with Gasteiger partial charge in [-0.05, 0) is 35.9 Å². The molecule has 0 aliphatic heterocycles. The highest BCUT2D eigenvalue weighted by Gasteiger charge is 2.20. The number of rotatable bonds is 8. The molecule has 5 N–H and O–H groups in total. The van der Waals surface area contributed by atoms with Gasteiger partial charge in [0.2, 0.25) is 5.91 Å². The molecular weight excluding hydrogens is 481 g/mol. The van der Waals surface area contributed by atoms with Gasteiger partial charge in [-0.25, -0.2) is 0 Å². The number of benzene rings is 3. The lowest BCUT2D eigenvalue weighted by molar-refractivity contribution is -0.395. The van der Waals surface area contributed by atoms with Crippen molar-refractivity contribution >= 4 is 64.8 Å². The molecule has 0 aliphatic carbocycles. The molecule has 0 spiro atoms. The minimum Gasteiger partial charge on any atom is -0.347 e. The smallest absolute Gasteiger partial charge is 0.283 e. The normalized spacial score (nSPS) is 11.5. The lowest BCUT2D eigenvalue weighted by Crippen LogP contribution is -2.67. The first-order valence-electron chi connectivity index (χ1n) is 10.0. The SMILES string of the molecule is [NH3+][C@@H](CS)C(=O)Nc1ccc(NC(=O)Cc2ccc(Cl)cc2Cl)c(C(=O)c2ccccc2)c1. The van der Waals surface area contributed by atoms with Crippen molar-refractivity contribution < 1.29 is 20.1 Å². The van der Waals surface area contributed by atoms with Crippen molar-refractivity contribution in [3.63, 3.8) is 0 Å². The van der Waals surface area contributed by atoms with Crippen molar-refractivity contribution in [2.75, 3.05) is 16.4 Å². The Balaban J connectivity index is 1.89. The standard InChI is InChI=1S/C24H21Cl2N3O3S/c25-16-7-6-15(19(26)11-16)10-22(30)29-21-9-8-17(28-24(32)20(27)13-33)12-18(21)23(31)14-4-2-1-3-5-14/h1-9,11-12,20,33H,10,13,27H2,(H,28,32)(H,29,30)/p+1/t20-/m0/s1. The molecule has 0 heterocycles. The second-order valence-electron chi connectivity index (χ2n) is 7.28. The van der Waals surface area contributed by atoms with E-state index >= 15 is 0 Å². The number of amides is 2. The van der Waals surface area contributed by atoms with Crippen LogP contribution in [0.5, 0.6) is 0 Å². The first-order valence-corrected chi connectivity index (χ1v) is 11.4. The monoisotopic (exact) mass is 502 g/mol. The maximum atomic E-state index is 13.2. The third kappa shape index (κ3) is 6.58. The first kappa shape index (κ1) is 24.8. The summed E-state index contributed by atoms with van der Waals surface area (Å²) < 4.78 is 0. The fraction of sp³-hybridized carbons (Fsp3) is 0.125. The Bertz CT molecular complexity index is 1190. The van der Waals surface area contributed by atoms with Gasteiger partial charge < -0.3 is 16.4 Å². The van der Waals surface area contributed by atoms with Gasteiger partial charge in [-0.3, -0.25) is 14.4 Å². The average Bonchev–Trinajstić information content (AvgIpc) is 2.81. The summed E-state index contributed by atoms with van der Waals surface area (Å²) in [5.74, 6) is -0.696. The predicted octanol–water partition coefficient (Wildman–Crippen LogP) is 3.88. The minimum atomic E-state index is -0.551. The molecule has 0 saturated carbocycles. The van der Waals surface area contributed by atoms with Crippen LogP contribution in [0.4, 0.5) is 11.4 Å². The van der Waals surface area contributed by atoms with Gasteiger partial charge in [0.15, 0.2) is 11.8 Å². The van der Waals surface area contributed by atoms with Gasteiger partial charge in [0.05, 0.1) is 17.9 Å². The van der Waals surface area contributed by atoms with E-state index in [0.717, 1.165) is 0 Å². The van der Waals surface area contributed by atoms with Crippen molar-refractivity contribution in [1.82, 2.24) is 0 Å². The molecule has 0 radical (unpaired) electrons. The zero-order chi connectivity index (χ0) is 24.0. The summed E-state index contributed by atoms with van der Waals surface area (Å²) in [6.45, 7) is 0. The van der Waals surface area contributed by atoms with Crippen LogP contribution in [0.3, 0.4) is 0 Å². The lowest BCUT2D eigenvalue weighted by atomic mass is 10.0. The summed E-state index contributed by atoms with van der Waals surface area (Å²) in [6.07, 6.45) is -0.00140. The van der Waals surface area contributed by atoms with Gasteiger partial charge in [0, 0.05) is 26.9 Å². The number of nitrogens with one attached hydrogen (secondary N) is 2. The van der Waals surface area contributed by atoms with Gasteiger partial charge >= 0.3 is 0 Å². The van der Waals surface area contributed by atoms with Crippen LogP contribution in [0.15, 0.2) is 66.7 Å². The Labute approximate surface area is 206 Å². The van der Waals surface area contributed by atoms with Gasteiger partial charge in [-0.2, -0.15) is 12.6 Å². The third-order valence-corrected chi connectivity index (χ3v) is 5.83. The maximum absolute atomic E-state index is 13.2. The van der Waals surface area contributed by atoms with Crippen molar-refractivity contribution in [3.05, 3.63) is 93.5 Å². The second kappa shape index (κ2) is 11.3. The van der Waals surface area contributed by atoms with Gasteiger partial charge in [0.25, 0.3) is 5.91 Å². The Hall–Kier alpha value is -2.84. The highest BCUT2D eigenvalue weighted by molar-refractivity contribution is 7.80. The van der Waals surface area contributed by atoms with E-state index in [4.69, 9.17) is 23.2 Å². The summed E-state index contributed by atoms with van der Waals surface area (Å²) in [4.78, 5) is 38.1. The molecule has 0 unspecified atom stereocenters. The van der Waals surface area contributed by atoms with E-state index in [0.29, 0.717) is 32.5 Å². The lowest BCUT2D eigenvalue weighted by Gasteiger charge is -2.14. The quantitative estimate of drug-likeness (QED) is 0.277. The summed E-state index contributed by atoms with van der Waals surface area (Å²) in [6, 6.07) is 17.7. The number of quaternary nitrogens is 1. The molecule has 6 nitrogen and oxygen atoms in total. The number of carbonyl (C=O) groups is 3. The molecule has 0 saturated heterocycles. The van der Waals surface area contributed by atoms with Crippen LogP contribution in [0.1, 0.15) is 21.5 Å². The van der Waals surface area contributed by atoms with Crippen LogP contribution in [-0.2, 0) is 16.0 Å². The number of anilines is 2. The highest BCUT2D eigenvalue weighted by atomic mass is 35.5. The van der Waals surface area contributed by atoms with Crippen molar-refractivity contribution in [2.45, 2.75) is 12.5 Å². The van der Waals surface area contributed by atoms with E-state index in [9.17, 15) is 14.4 Å². The molecule has 3 aromatic rings. The van der Waals surface area contributed by atoms with Crippen LogP contribution in [0.25, 0.3) is 0 Å². The molecule has 1 atom stereocenters. The number of hydrogen-bond acceptors (Lipinski definition) is 4. The van der Waals surface area contributed by atoms with Crippen LogP contribution in [0, 0.1) is 0 Å². The molecule has 3 rings (SSSR count). The molecule has 3 aromatic carbocycles. The van der Waals surface area contributed by atoms with Crippen molar-refractivity contribution in [1.29, 1.82) is 0 Å². The largest absolute Gasteiger partial charge is 0.347 e. The van der Waals surface area contributed by atoms with E-state index in [1.54, 1.807) is 60.7 Å². The van der Waals surface area contributed by atoms with Crippen LogP contribution in [-0.4, -0.2) is 29.4 Å². The maximum Gasteiger partial charge on any atom is 0.283 e. The molecule has 0 fully saturated rings. The third-order valence-electron chi connectivity index (χ3n) is 4.80. The van der Waals surface area contributed by atoms with E-state index in [-0.39, 0.29) is 35.3 Å². The summed E-state index contributed by atoms with van der Waals surface area (Å²) in [7, 11) is 0. The second-order valence-corrected chi connectivity index (χ2v) is 8.49. The van der Waals surface area contributed by atoms with Gasteiger partial charge in [0.1, 0.15) is 0 Å². The predicted molar refractivity (Wildman–Crippen MR) is 134 cm³/mol. The van der Waals surface area contributed by atoms with E-state index < -0.39 is 6.04 Å². The van der Waals surface area contributed by atoms with E-state index in [1.807, 2.05) is 0 Å². The summed E-state index contributed by atoms with van der Waals surface area (Å²) >= 11 is 16.2. The number of hydrogen-bond donors (Lipinski definition) is 4. The van der Waals surface area contributed by atoms with Crippen LogP contribution < -0.4 is 16.4 Å². The number of carbonyl (C=O) groups excluding carboxylic acids is 3. The molecule has 170 valence electrons. The Morgan fingerprint density at radius 1 is 0.939 bits per heavy atom. The molecule has 2 amide bonds. The fourth-order valence-corrected chi connectivity index (χ4v) is 3.66. The van der Waals surface area contributed by atoms with E-state index in [1.165, 1.54) is 6.07 Å². The summed E-state index contributed by atoms with van der Waals surface area (Å²) in [5, 5.41) is 6.35. The van der Waals surface area contributed by atoms with Crippen molar-refractivity contribution in [3.8, 4) is 0 Å². The fourth-order valence-electron chi connectivity index (χ4n) is 3.02. The van der Waals surface area contributed by atoms with Crippen LogP contribution >= 0.6 is 35.8 Å². The van der Waals surface area contributed by atoms with Crippen molar-refractivity contribution in [2.24, 2.45) is 0 Å². The molecule has 0 aliphatic rings. The average molecular weight is 503 g/mol. The molecule has 9 heteroatoms. The molecular formula is C24H22Cl2N3O3S+. The Kier molecular flexibility index (Phi) is 8.52. The minimum absolute atomic E-state index is 0.00140. The number of ketones is 1. The van der Waals surface area contributed by atoms with Crippen LogP contribution in [0.2, 0.25) is 10.0 Å².